The Morgan fingerprint density at radius 1 is 1.00 bits per heavy atom. The lowest BCUT2D eigenvalue weighted by atomic mass is 10.2. The molecule has 0 radical (unpaired) electrons. The minimum absolute atomic E-state index is 0.0355. The lowest BCUT2D eigenvalue weighted by Crippen LogP contribution is -2.35. The van der Waals surface area contributed by atoms with Crippen LogP contribution in [0, 0.1) is 11.6 Å². The highest BCUT2D eigenvalue weighted by Crippen LogP contribution is 2.13. The van der Waals surface area contributed by atoms with Crippen molar-refractivity contribution in [1.82, 2.24) is 5.32 Å². The lowest BCUT2D eigenvalue weighted by Gasteiger charge is -2.07. The Balaban J connectivity index is 1.66. The SMILES string of the molecule is O=C(CNC(=O)c1cc2ccccc2oc1=O)Nc1ccc(F)c(F)c1. The van der Waals surface area contributed by atoms with Gasteiger partial charge in [-0.2, -0.15) is 0 Å². The molecule has 0 unspecified atom stereocenters. The molecule has 2 aromatic carbocycles. The fourth-order valence-electron chi connectivity index (χ4n) is 2.26. The summed E-state index contributed by atoms with van der Waals surface area (Å²) in [5.74, 6) is -3.61. The van der Waals surface area contributed by atoms with Gasteiger partial charge in [-0.1, -0.05) is 18.2 Å². The van der Waals surface area contributed by atoms with Crippen LogP contribution in [0.1, 0.15) is 10.4 Å². The molecule has 0 aliphatic carbocycles. The van der Waals surface area contributed by atoms with Crippen LogP contribution in [-0.2, 0) is 4.79 Å². The van der Waals surface area contributed by atoms with Gasteiger partial charge in [-0.3, -0.25) is 9.59 Å². The summed E-state index contributed by atoms with van der Waals surface area (Å²) < 4.78 is 31.0. The van der Waals surface area contributed by atoms with Gasteiger partial charge in [0.1, 0.15) is 11.1 Å². The maximum absolute atomic E-state index is 13.1. The molecule has 0 spiro atoms. The minimum atomic E-state index is -1.11. The predicted octanol–water partition coefficient (Wildman–Crippen LogP) is 2.44. The average molecular weight is 358 g/mol. The predicted molar refractivity (Wildman–Crippen MR) is 89.8 cm³/mol. The Morgan fingerprint density at radius 2 is 1.77 bits per heavy atom. The topological polar surface area (TPSA) is 88.4 Å². The van der Waals surface area contributed by atoms with Crippen LogP contribution in [0.15, 0.2) is 57.7 Å². The molecular weight excluding hydrogens is 346 g/mol. The number of carbonyl (C=O) groups is 2. The van der Waals surface area contributed by atoms with Crippen LogP contribution in [0.5, 0.6) is 0 Å². The van der Waals surface area contributed by atoms with Crippen molar-refractivity contribution in [3.63, 3.8) is 0 Å². The first-order chi connectivity index (χ1) is 12.4. The van der Waals surface area contributed by atoms with Crippen molar-refractivity contribution in [3.05, 3.63) is 76.1 Å². The normalized spacial score (nSPS) is 10.5. The van der Waals surface area contributed by atoms with Crippen molar-refractivity contribution in [2.45, 2.75) is 0 Å². The van der Waals surface area contributed by atoms with Gasteiger partial charge in [-0.15, -0.1) is 0 Å². The van der Waals surface area contributed by atoms with E-state index in [9.17, 15) is 23.2 Å². The van der Waals surface area contributed by atoms with E-state index in [0.717, 1.165) is 12.1 Å². The highest BCUT2D eigenvalue weighted by Gasteiger charge is 2.15. The first-order valence-electron chi connectivity index (χ1n) is 7.50. The van der Waals surface area contributed by atoms with E-state index in [1.54, 1.807) is 24.3 Å². The number of carbonyl (C=O) groups excluding carboxylic acids is 2. The molecule has 8 heteroatoms. The number of hydrogen-bond acceptors (Lipinski definition) is 4. The Bertz CT molecular complexity index is 1060. The van der Waals surface area contributed by atoms with Crippen LogP contribution in [0.2, 0.25) is 0 Å². The summed E-state index contributed by atoms with van der Waals surface area (Å²) in [7, 11) is 0. The van der Waals surface area contributed by atoms with Gasteiger partial charge >= 0.3 is 5.63 Å². The Morgan fingerprint density at radius 3 is 2.54 bits per heavy atom. The van der Waals surface area contributed by atoms with Crippen LogP contribution in [0.25, 0.3) is 11.0 Å². The molecule has 0 aliphatic rings. The molecule has 0 saturated heterocycles. The molecule has 1 aromatic heterocycles. The number of fused-ring (bicyclic) bond motifs is 1. The number of amides is 2. The van der Waals surface area contributed by atoms with Gasteiger partial charge in [-0.05, 0) is 24.3 Å². The van der Waals surface area contributed by atoms with Gasteiger partial charge in [0.2, 0.25) is 5.91 Å². The van der Waals surface area contributed by atoms with Crippen LogP contribution >= 0.6 is 0 Å². The third-order valence-electron chi connectivity index (χ3n) is 3.50. The van der Waals surface area contributed by atoms with Crippen molar-refractivity contribution in [1.29, 1.82) is 0 Å². The van der Waals surface area contributed by atoms with E-state index in [1.807, 2.05) is 0 Å². The number of rotatable bonds is 4. The van der Waals surface area contributed by atoms with Gasteiger partial charge < -0.3 is 15.1 Å². The molecule has 0 bridgehead atoms. The van der Waals surface area contributed by atoms with E-state index in [-0.39, 0.29) is 11.3 Å². The minimum Gasteiger partial charge on any atom is -0.422 e. The first kappa shape index (κ1) is 17.3. The Hall–Kier alpha value is -3.55. The molecule has 2 N–H and O–H groups in total. The van der Waals surface area contributed by atoms with Crippen molar-refractivity contribution >= 4 is 28.5 Å². The monoisotopic (exact) mass is 358 g/mol. The molecule has 6 nitrogen and oxygen atoms in total. The molecule has 2 amide bonds. The summed E-state index contributed by atoms with van der Waals surface area (Å²) in [5.41, 5.74) is -0.704. The third kappa shape index (κ3) is 3.75. The second kappa shape index (κ2) is 7.14. The molecule has 0 aliphatic heterocycles. The molecule has 0 atom stereocenters. The average Bonchev–Trinajstić information content (AvgIpc) is 2.62. The smallest absolute Gasteiger partial charge is 0.349 e. The third-order valence-corrected chi connectivity index (χ3v) is 3.50. The second-order valence-electron chi connectivity index (χ2n) is 5.35. The summed E-state index contributed by atoms with van der Waals surface area (Å²) >= 11 is 0. The Kier molecular flexibility index (Phi) is 4.74. The molecule has 0 saturated carbocycles. The standard InChI is InChI=1S/C18H12F2N2O4/c19-13-6-5-11(8-14(13)20)22-16(23)9-21-17(24)12-7-10-3-1-2-4-15(10)26-18(12)25/h1-8H,9H2,(H,21,24)(H,22,23). The van der Waals surface area contributed by atoms with Crippen molar-refractivity contribution in [3.8, 4) is 0 Å². The number of hydrogen-bond donors (Lipinski definition) is 2. The first-order valence-corrected chi connectivity index (χ1v) is 7.50. The maximum atomic E-state index is 13.1. The summed E-state index contributed by atoms with van der Waals surface area (Å²) in [4.78, 5) is 35.8. The molecule has 1 heterocycles. The van der Waals surface area contributed by atoms with Gasteiger partial charge in [0.25, 0.3) is 5.91 Å². The Labute approximate surface area is 145 Å². The number of halogens is 2. The highest BCUT2D eigenvalue weighted by molar-refractivity contribution is 6.00. The fraction of sp³-hybridized carbons (Fsp3) is 0.0556. The van der Waals surface area contributed by atoms with E-state index in [1.165, 1.54) is 12.1 Å². The highest BCUT2D eigenvalue weighted by atomic mass is 19.2. The van der Waals surface area contributed by atoms with E-state index >= 15 is 0 Å². The molecule has 26 heavy (non-hydrogen) atoms. The molecule has 0 fully saturated rings. The van der Waals surface area contributed by atoms with Gasteiger partial charge in [0.05, 0.1) is 6.54 Å². The van der Waals surface area contributed by atoms with Crippen molar-refractivity contribution < 1.29 is 22.8 Å². The largest absolute Gasteiger partial charge is 0.422 e. The van der Waals surface area contributed by atoms with Crippen LogP contribution < -0.4 is 16.3 Å². The summed E-state index contributed by atoms with van der Waals surface area (Å²) in [6, 6.07) is 10.9. The fourth-order valence-corrected chi connectivity index (χ4v) is 2.26. The number of anilines is 1. The van der Waals surface area contributed by atoms with E-state index in [4.69, 9.17) is 4.42 Å². The zero-order chi connectivity index (χ0) is 18.7. The van der Waals surface area contributed by atoms with Gasteiger partial charge in [0.15, 0.2) is 11.6 Å². The van der Waals surface area contributed by atoms with Crippen LogP contribution in [-0.4, -0.2) is 18.4 Å². The molecule has 3 rings (SSSR count). The number of para-hydroxylation sites is 1. The molecule has 132 valence electrons. The maximum Gasteiger partial charge on any atom is 0.349 e. The zero-order valence-corrected chi connectivity index (χ0v) is 13.2. The second-order valence-corrected chi connectivity index (χ2v) is 5.35. The van der Waals surface area contributed by atoms with E-state index < -0.39 is 35.6 Å². The van der Waals surface area contributed by atoms with Crippen LogP contribution in [0.3, 0.4) is 0 Å². The summed E-state index contributed by atoms with van der Waals surface area (Å²) in [5, 5.41) is 5.13. The quantitative estimate of drug-likeness (QED) is 0.701. The summed E-state index contributed by atoms with van der Waals surface area (Å²) in [6.07, 6.45) is 0. The zero-order valence-electron chi connectivity index (χ0n) is 13.2. The lowest BCUT2D eigenvalue weighted by molar-refractivity contribution is -0.115. The molecule has 3 aromatic rings. The number of nitrogens with one attached hydrogen (secondary N) is 2. The van der Waals surface area contributed by atoms with E-state index in [2.05, 4.69) is 10.6 Å². The van der Waals surface area contributed by atoms with Gasteiger partial charge in [-0.25, -0.2) is 13.6 Å². The van der Waals surface area contributed by atoms with Crippen molar-refractivity contribution in [2.24, 2.45) is 0 Å². The van der Waals surface area contributed by atoms with E-state index in [0.29, 0.717) is 11.0 Å². The number of benzene rings is 2. The molecular formula is C18H12F2N2O4. The summed E-state index contributed by atoms with van der Waals surface area (Å²) in [6.45, 7) is -0.468. The van der Waals surface area contributed by atoms with Gasteiger partial charge in [0, 0.05) is 17.1 Å². The van der Waals surface area contributed by atoms with Crippen molar-refractivity contribution in [2.75, 3.05) is 11.9 Å². The van der Waals surface area contributed by atoms with Crippen LogP contribution in [0.4, 0.5) is 14.5 Å².